The predicted octanol–water partition coefficient (Wildman–Crippen LogP) is 0.409. The van der Waals surface area contributed by atoms with Gasteiger partial charge in [0.05, 0.1) is 6.10 Å². The first-order valence-corrected chi connectivity index (χ1v) is 3.41. The van der Waals surface area contributed by atoms with Gasteiger partial charge in [0.15, 0.2) is 0 Å². The molecule has 2 nitrogen and oxygen atoms in total. The van der Waals surface area contributed by atoms with Crippen molar-refractivity contribution in [2.45, 2.75) is 31.7 Å². The van der Waals surface area contributed by atoms with E-state index in [-0.39, 0.29) is 13.0 Å². The smallest absolute Gasteiger partial charge is 0.114 e. The van der Waals surface area contributed by atoms with Crippen molar-refractivity contribution in [1.82, 2.24) is 4.90 Å². The average molecular weight is 150 g/mol. The number of likely N-dealkylation sites (tertiary alicyclic amines) is 1. The fraction of sp³-hybridized carbons (Fsp3) is 1.00. The summed E-state index contributed by atoms with van der Waals surface area (Å²) < 4.78 is 34.3. The minimum Gasteiger partial charge on any atom is -0.392 e. The normalized spacial score (nSPS) is 44.1. The summed E-state index contributed by atoms with van der Waals surface area (Å²) >= 11 is 0. The van der Waals surface area contributed by atoms with Crippen molar-refractivity contribution >= 4 is 0 Å². The maximum Gasteiger partial charge on any atom is 0.114 e. The van der Waals surface area contributed by atoms with Crippen LogP contribution >= 0.6 is 0 Å². The highest BCUT2D eigenvalue weighted by Crippen LogP contribution is 2.20. The predicted molar refractivity (Wildman–Crippen MR) is 37.6 cm³/mol. The van der Waals surface area contributed by atoms with Gasteiger partial charge in [-0.15, -0.1) is 0 Å². The van der Waals surface area contributed by atoms with Gasteiger partial charge in [-0.2, -0.15) is 0 Å². The monoisotopic (exact) mass is 150 g/mol. The maximum absolute atomic E-state index is 12.9. The highest BCUT2D eigenvalue weighted by molar-refractivity contribution is 4.86. The molecule has 1 aliphatic rings. The molecule has 0 aromatic carbocycles. The molecule has 1 aliphatic heterocycles. The van der Waals surface area contributed by atoms with Crippen molar-refractivity contribution in [3.8, 4) is 0 Å². The highest BCUT2D eigenvalue weighted by Gasteiger charge is 2.31. The van der Waals surface area contributed by atoms with E-state index in [1.807, 2.05) is 0 Å². The van der Waals surface area contributed by atoms with Crippen molar-refractivity contribution in [2.24, 2.45) is 0 Å². The van der Waals surface area contributed by atoms with E-state index < -0.39 is 25.3 Å². The van der Waals surface area contributed by atoms with Crippen LogP contribution in [-0.4, -0.2) is 41.8 Å². The quantitative estimate of drug-likeness (QED) is 0.585. The Morgan fingerprint density at radius 3 is 3.00 bits per heavy atom. The van der Waals surface area contributed by atoms with E-state index in [1.54, 1.807) is 0 Å². The number of aliphatic hydroxyl groups excluding tert-OH is 1. The van der Waals surface area contributed by atoms with Gasteiger partial charge >= 0.3 is 0 Å². The summed E-state index contributed by atoms with van der Waals surface area (Å²) in [5.74, 6) is 0. The van der Waals surface area contributed by atoms with Gasteiger partial charge in [-0.05, 0) is 20.3 Å². The Morgan fingerprint density at radius 2 is 2.60 bits per heavy atom. The lowest BCUT2D eigenvalue weighted by molar-refractivity contribution is 0.101. The Hall–Kier alpha value is -0.150. The van der Waals surface area contributed by atoms with Crippen molar-refractivity contribution in [2.75, 3.05) is 13.5 Å². The molecule has 1 unspecified atom stereocenters. The molecule has 0 aromatic heterocycles. The maximum atomic E-state index is 12.9. The zero-order valence-electron chi connectivity index (χ0n) is 8.92. The molecular formula is C7H14FNO. The number of alkyl halides is 1. The Bertz CT molecular complexity index is 185. The summed E-state index contributed by atoms with van der Waals surface area (Å²) in [5, 5.41) is 9.25. The molecule has 1 fully saturated rings. The first-order chi connectivity index (χ1) is 5.82. The van der Waals surface area contributed by atoms with Gasteiger partial charge in [-0.25, -0.2) is 4.39 Å². The van der Waals surface area contributed by atoms with Gasteiger partial charge in [0.1, 0.15) is 6.17 Å². The first kappa shape index (κ1) is 4.67. The van der Waals surface area contributed by atoms with Gasteiger partial charge in [0.25, 0.3) is 0 Å². The van der Waals surface area contributed by atoms with Crippen LogP contribution in [0.4, 0.5) is 4.39 Å². The van der Waals surface area contributed by atoms with E-state index in [1.165, 1.54) is 6.92 Å². The molecule has 0 bridgehead atoms. The summed E-state index contributed by atoms with van der Waals surface area (Å²) in [6.45, 7) is -0.921. The Morgan fingerprint density at radius 1 is 1.90 bits per heavy atom. The summed E-state index contributed by atoms with van der Waals surface area (Å²) in [4.78, 5) is 1.06. The molecule has 0 spiro atoms. The summed E-state index contributed by atoms with van der Waals surface area (Å²) in [7, 11) is 0. The third kappa shape index (κ3) is 1.47. The van der Waals surface area contributed by atoms with Crippen LogP contribution in [0.15, 0.2) is 0 Å². The molecule has 1 rings (SSSR count). The SMILES string of the molecule is [2H]C([2H])([2H])N1C[C@H](F)C[C@H]1C(C)O. The van der Waals surface area contributed by atoms with E-state index in [0.29, 0.717) is 0 Å². The third-order valence-corrected chi connectivity index (χ3v) is 1.85. The van der Waals surface area contributed by atoms with E-state index in [9.17, 15) is 9.50 Å². The zero-order valence-corrected chi connectivity index (χ0v) is 5.92. The van der Waals surface area contributed by atoms with Crippen molar-refractivity contribution in [3.05, 3.63) is 0 Å². The molecule has 0 saturated carbocycles. The van der Waals surface area contributed by atoms with Gasteiger partial charge in [-0.3, -0.25) is 4.90 Å². The molecule has 10 heavy (non-hydrogen) atoms. The lowest BCUT2D eigenvalue weighted by Gasteiger charge is -2.20. The molecule has 0 aromatic rings. The molecule has 0 radical (unpaired) electrons. The van der Waals surface area contributed by atoms with Gasteiger partial charge in [-0.1, -0.05) is 0 Å². The number of nitrogens with zero attached hydrogens (tertiary/aromatic N) is 1. The average Bonchev–Trinajstić information content (AvgIpc) is 2.29. The van der Waals surface area contributed by atoms with Crippen molar-refractivity contribution < 1.29 is 13.6 Å². The number of aliphatic hydroxyl groups is 1. The zero-order chi connectivity index (χ0) is 10.2. The lowest BCUT2D eigenvalue weighted by Crippen LogP contribution is -2.34. The summed E-state index contributed by atoms with van der Waals surface area (Å²) in [5.41, 5.74) is 0. The molecule has 0 aliphatic carbocycles. The fourth-order valence-corrected chi connectivity index (χ4v) is 1.27. The Kier molecular flexibility index (Phi) is 1.33. The number of halogens is 1. The van der Waals surface area contributed by atoms with Crippen molar-refractivity contribution in [1.29, 1.82) is 0 Å². The third-order valence-electron chi connectivity index (χ3n) is 1.85. The molecule has 3 atom stereocenters. The van der Waals surface area contributed by atoms with Crippen LogP contribution < -0.4 is 0 Å². The number of likely N-dealkylation sites (N-methyl/N-ethyl adjacent to an activating group) is 1. The van der Waals surface area contributed by atoms with Crippen LogP contribution in [0.2, 0.25) is 0 Å². The van der Waals surface area contributed by atoms with Gasteiger partial charge in [0.2, 0.25) is 0 Å². The second kappa shape index (κ2) is 2.84. The van der Waals surface area contributed by atoms with Crippen LogP contribution in [0.25, 0.3) is 0 Å². The molecule has 0 amide bonds. The molecule has 3 heteroatoms. The van der Waals surface area contributed by atoms with Gasteiger partial charge < -0.3 is 5.11 Å². The molecule has 1 heterocycles. The molecule has 60 valence electrons. The second-order valence-electron chi connectivity index (χ2n) is 2.79. The second-order valence-corrected chi connectivity index (χ2v) is 2.79. The van der Waals surface area contributed by atoms with Crippen LogP contribution in [0.1, 0.15) is 17.5 Å². The molecular weight excluding hydrogens is 133 g/mol. The number of hydrogen-bond donors (Lipinski definition) is 1. The number of rotatable bonds is 1. The molecule has 1 saturated heterocycles. The van der Waals surface area contributed by atoms with E-state index in [4.69, 9.17) is 4.11 Å². The first-order valence-electron chi connectivity index (χ1n) is 4.91. The van der Waals surface area contributed by atoms with Crippen LogP contribution in [0.5, 0.6) is 0 Å². The van der Waals surface area contributed by atoms with E-state index in [2.05, 4.69) is 0 Å². The number of hydrogen-bond acceptors (Lipinski definition) is 2. The highest BCUT2D eigenvalue weighted by atomic mass is 19.1. The fourth-order valence-electron chi connectivity index (χ4n) is 1.27. The Balaban J connectivity index is 2.72. The standard InChI is InChI=1S/C7H14FNO/c1-5(10)7-3-6(8)4-9(7)2/h5-7,10H,3-4H2,1-2H3/t5?,6-,7+/m1/s1/i2D3. The Labute approximate surface area is 64.9 Å². The summed E-state index contributed by atoms with van der Waals surface area (Å²) in [6, 6.07) is -0.581. The minimum absolute atomic E-state index is 0.105. The minimum atomic E-state index is -2.30. The van der Waals surface area contributed by atoms with Gasteiger partial charge in [0, 0.05) is 16.7 Å². The van der Waals surface area contributed by atoms with Crippen LogP contribution in [-0.2, 0) is 0 Å². The van der Waals surface area contributed by atoms with Crippen molar-refractivity contribution in [3.63, 3.8) is 0 Å². The topological polar surface area (TPSA) is 23.5 Å². The van der Waals surface area contributed by atoms with Crippen LogP contribution in [0.3, 0.4) is 0 Å². The largest absolute Gasteiger partial charge is 0.392 e. The van der Waals surface area contributed by atoms with E-state index >= 15 is 0 Å². The summed E-state index contributed by atoms with van der Waals surface area (Å²) in [6.07, 6.45) is -1.84. The lowest BCUT2D eigenvalue weighted by atomic mass is 10.1. The molecule has 1 N–H and O–H groups in total. The van der Waals surface area contributed by atoms with E-state index in [0.717, 1.165) is 4.90 Å². The van der Waals surface area contributed by atoms with Crippen LogP contribution in [0, 0.1) is 0 Å².